The number of para-hydroxylation sites is 1. The van der Waals surface area contributed by atoms with E-state index in [1.807, 2.05) is 0 Å². The van der Waals surface area contributed by atoms with Gasteiger partial charge in [-0.3, -0.25) is 0 Å². The molecule has 0 unspecified atom stereocenters. The van der Waals surface area contributed by atoms with E-state index >= 15 is 0 Å². The second-order valence-corrected chi connectivity index (χ2v) is 33.1. The van der Waals surface area contributed by atoms with E-state index in [-0.39, 0.29) is 21.7 Å². The first-order valence-electron chi connectivity index (χ1n) is 38.4. The van der Waals surface area contributed by atoms with Crippen LogP contribution >= 0.6 is 0 Å². The third kappa shape index (κ3) is 8.77. The van der Waals surface area contributed by atoms with Crippen molar-refractivity contribution in [3.63, 3.8) is 0 Å². The zero-order valence-corrected chi connectivity index (χ0v) is 62.1. The lowest BCUT2D eigenvalue weighted by molar-refractivity contribution is 0.661. The fourth-order valence-electron chi connectivity index (χ4n) is 20.7. The van der Waals surface area contributed by atoms with Gasteiger partial charge in [-0.1, -0.05) is 298 Å². The lowest BCUT2D eigenvalue weighted by Gasteiger charge is -2.30. The van der Waals surface area contributed by atoms with Gasteiger partial charge in [0.15, 0.2) is 0 Å². The van der Waals surface area contributed by atoms with Gasteiger partial charge in [0.1, 0.15) is 0 Å². The highest BCUT2D eigenvalue weighted by Crippen LogP contribution is 2.60. The highest BCUT2D eigenvalue weighted by Gasteiger charge is 2.42. The summed E-state index contributed by atoms with van der Waals surface area (Å²) in [5.41, 5.74) is 31.7. The van der Waals surface area contributed by atoms with Gasteiger partial charge in [-0.2, -0.15) is 0 Å². The Morgan fingerprint density at radius 1 is 0.176 bits per heavy atom. The van der Waals surface area contributed by atoms with E-state index in [0.717, 1.165) is 34.1 Å². The van der Waals surface area contributed by atoms with Crippen LogP contribution in [-0.4, -0.2) is 0 Å². The summed E-state index contributed by atoms with van der Waals surface area (Å²) < 4.78 is 0. The molecule has 0 spiro atoms. The van der Waals surface area contributed by atoms with Gasteiger partial charge in [-0.25, -0.2) is 0 Å². The maximum Gasteiger partial charge on any atom is 0.0468 e. The van der Waals surface area contributed by atoms with Crippen molar-refractivity contribution >= 4 is 110 Å². The van der Waals surface area contributed by atoms with Crippen LogP contribution in [-0.2, 0) is 21.7 Å². The minimum atomic E-state index is -0.288. The molecule has 0 radical (unpaired) electrons. The van der Waals surface area contributed by atoms with E-state index in [9.17, 15) is 0 Å². The molecule has 0 aromatic heterocycles. The van der Waals surface area contributed by atoms with E-state index in [0.29, 0.717) is 0 Å². The minimum Gasteiger partial charge on any atom is -0.310 e. The number of hydrogen-bond donors (Lipinski definition) is 0. The normalized spacial score (nSPS) is 14.8. The van der Waals surface area contributed by atoms with Gasteiger partial charge in [0.2, 0.25) is 0 Å². The van der Waals surface area contributed by atoms with Gasteiger partial charge in [0.25, 0.3) is 0 Å². The molecule has 0 fully saturated rings. The Labute approximate surface area is 631 Å². The summed E-state index contributed by atoms with van der Waals surface area (Å²) in [5.74, 6) is 0. The van der Waals surface area contributed by atoms with E-state index in [2.05, 4.69) is 393 Å². The monoisotopic (exact) mass is 1380 g/mol. The Morgan fingerprint density at radius 3 is 0.991 bits per heavy atom. The van der Waals surface area contributed by atoms with Crippen molar-refractivity contribution in [1.29, 1.82) is 0 Å². The SMILES string of the molecule is CC1(C)c2cc(-c3c4ccc(N(c5ccc6c(c5)C(C)(C)c5c-6ccc6ccccc56)c5ccc6ccccc6c5)cc4c(-c4ccc5c(c4)C(C)(C)c4ccc6ccccc6c4-5)c4ccc(N(c5ccccc5)c5ccc6c(c5)C(C)(C)c5c-6ccc6ccccc56)cc34)ccc2-c2c1ccc1ccccc21. The van der Waals surface area contributed by atoms with Gasteiger partial charge < -0.3 is 9.80 Å². The Bertz CT molecular complexity index is 7000. The zero-order chi connectivity index (χ0) is 72.4. The molecule has 18 aromatic carbocycles. The first-order chi connectivity index (χ1) is 52.6. The van der Waals surface area contributed by atoms with Crippen LogP contribution in [0.15, 0.2) is 328 Å². The van der Waals surface area contributed by atoms with Gasteiger partial charge in [-0.05, 0) is 272 Å². The van der Waals surface area contributed by atoms with Gasteiger partial charge in [-0.15, -0.1) is 0 Å². The van der Waals surface area contributed by atoms with E-state index in [1.165, 1.54) is 187 Å². The molecule has 512 valence electrons. The first kappa shape index (κ1) is 62.7. The van der Waals surface area contributed by atoms with Crippen molar-refractivity contribution in [3.05, 3.63) is 372 Å². The largest absolute Gasteiger partial charge is 0.310 e. The predicted octanol–water partition coefficient (Wildman–Crippen LogP) is 29.3. The average Bonchev–Trinajstić information content (AvgIpc) is 1.44. The molecular weight excluding hydrogens is 1300 g/mol. The fourth-order valence-corrected chi connectivity index (χ4v) is 20.7. The third-order valence-corrected chi connectivity index (χ3v) is 25.9. The van der Waals surface area contributed by atoms with Crippen molar-refractivity contribution in [2.24, 2.45) is 0 Å². The number of anilines is 6. The van der Waals surface area contributed by atoms with Crippen LogP contribution in [0.25, 0.3) is 142 Å². The van der Waals surface area contributed by atoms with Crippen molar-refractivity contribution < 1.29 is 0 Å². The molecule has 0 saturated carbocycles. The second-order valence-electron chi connectivity index (χ2n) is 33.1. The van der Waals surface area contributed by atoms with Gasteiger partial charge >= 0.3 is 0 Å². The lowest BCUT2D eigenvalue weighted by atomic mass is 9.79. The Hall–Kier alpha value is -12.6. The Kier molecular flexibility index (Phi) is 13.1. The van der Waals surface area contributed by atoms with E-state index < -0.39 is 0 Å². The van der Waals surface area contributed by atoms with Gasteiger partial charge in [0, 0.05) is 55.8 Å². The van der Waals surface area contributed by atoms with Crippen LogP contribution in [0.4, 0.5) is 34.1 Å². The molecule has 0 amide bonds. The number of fused-ring (bicyclic) bond motifs is 23. The summed E-state index contributed by atoms with van der Waals surface area (Å²) in [6.45, 7) is 19.5. The lowest BCUT2D eigenvalue weighted by Crippen LogP contribution is -2.17. The molecule has 2 heteroatoms. The van der Waals surface area contributed by atoms with Crippen molar-refractivity contribution in [2.45, 2.75) is 77.0 Å². The van der Waals surface area contributed by atoms with Crippen LogP contribution in [0.2, 0.25) is 0 Å². The molecule has 22 rings (SSSR count). The van der Waals surface area contributed by atoms with Crippen molar-refractivity contribution in [1.82, 2.24) is 0 Å². The van der Waals surface area contributed by atoms with Crippen LogP contribution < -0.4 is 9.80 Å². The maximum absolute atomic E-state index is 2.58. The molecule has 4 aliphatic rings. The van der Waals surface area contributed by atoms with Crippen LogP contribution in [0.5, 0.6) is 0 Å². The molecule has 0 N–H and O–H groups in total. The second kappa shape index (κ2) is 22.5. The van der Waals surface area contributed by atoms with Crippen LogP contribution in [0.1, 0.15) is 99.9 Å². The molecule has 4 aliphatic carbocycles. The molecular formula is C106H78N2. The minimum absolute atomic E-state index is 0.262. The summed E-state index contributed by atoms with van der Waals surface area (Å²) in [7, 11) is 0. The molecule has 0 heterocycles. The molecule has 108 heavy (non-hydrogen) atoms. The summed E-state index contributed by atoms with van der Waals surface area (Å²) in [5, 5.41) is 17.5. The van der Waals surface area contributed by atoms with Crippen LogP contribution in [0.3, 0.4) is 0 Å². The number of hydrogen-bond acceptors (Lipinski definition) is 2. The smallest absolute Gasteiger partial charge is 0.0468 e. The summed E-state index contributed by atoms with van der Waals surface area (Å²) in [4.78, 5) is 5.06. The molecule has 18 aromatic rings. The fraction of sp³-hybridized carbons (Fsp3) is 0.113. The molecule has 0 saturated heterocycles. The highest BCUT2D eigenvalue weighted by molar-refractivity contribution is 6.23. The molecule has 2 nitrogen and oxygen atoms in total. The quantitative estimate of drug-likeness (QED) is 0.140. The zero-order valence-electron chi connectivity index (χ0n) is 62.1. The molecule has 0 atom stereocenters. The molecule has 0 aliphatic heterocycles. The maximum atomic E-state index is 2.58. The van der Waals surface area contributed by atoms with Crippen LogP contribution in [0, 0.1) is 0 Å². The first-order valence-corrected chi connectivity index (χ1v) is 38.4. The third-order valence-electron chi connectivity index (χ3n) is 25.9. The predicted molar refractivity (Wildman–Crippen MR) is 459 cm³/mol. The number of benzene rings is 18. The highest BCUT2D eigenvalue weighted by atomic mass is 15.1. The van der Waals surface area contributed by atoms with Crippen molar-refractivity contribution in [2.75, 3.05) is 9.80 Å². The molecule has 0 bridgehead atoms. The summed E-state index contributed by atoms with van der Waals surface area (Å²) >= 11 is 0. The topological polar surface area (TPSA) is 6.48 Å². The standard InChI is InChI=1S/C106H78N2/c1-103(2)91-54-39-64-23-14-18-30-77(64)99(91)87-48-37-69(57-93(87)103)97-84-53-45-74(108(72-41-34-63-22-12-13-27-68(63)56-72)76-43-51-82-86-47-36-67-26-17-21-33-80(67)102(86)106(7,8)96(82)62-76)60-90(84)98(70-38-49-88-94(58-70)104(3,4)92-55-40-65-24-15-19-31-78(65)100(88)92)83-52-44-73(59-89(83)97)107(71-28-10-9-11-29-71)75-42-50-81-85-46-35-66-25-16-20-32-79(66)101(85)105(5,6)95(81)61-75/h9-62H,1-8H3. The number of rotatable bonds is 8. The summed E-state index contributed by atoms with van der Waals surface area (Å²) in [6, 6.07) is 126. The Balaban J connectivity index is 0.829. The van der Waals surface area contributed by atoms with E-state index in [1.54, 1.807) is 0 Å². The van der Waals surface area contributed by atoms with E-state index in [4.69, 9.17) is 0 Å². The Morgan fingerprint density at radius 2 is 0.509 bits per heavy atom. The van der Waals surface area contributed by atoms with Gasteiger partial charge in [0.05, 0.1) is 0 Å². The number of nitrogens with zero attached hydrogens (tertiary/aromatic N) is 2. The average molecular weight is 1380 g/mol. The van der Waals surface area contributed by atoms with Crippen molar-refractivity contribution in [3.8, 4) is 66.8 Å². The summed E-state index contributed by atoms with van der Waals surface area (Å²) in [6.07, 6.45) is 0.